The zero-order valence-electron chi connectivity index (χ0n) is 13.7. The maximum absolute atomic E-state index is 13.4. The number of carbonyl (C=O) groups is 2. The molecule has 0 aliphatic heterocycles. The van der Waals surface area contributed by atoms with Crippen molar-refractivity contribution in [3.05, 3.63) is 54.1 Å². The van der Waals surface area contributed by atoms with Gasteiger partial charge in [-0.15, -0.1) is 0 Å². The topological polar surface area (TPSA) is 80.3 Å². The molecule has 0 unspecified atom stereocenters. The van der Waals surface area contributed by atoms with Gasteiger partial charge in [-0.1, -0.05) is 6.07 Å². The van der Waals surface area contributed by atoms with Gasteiger partial charge in [-0.2, -0.15) is 0 Å². The first-order chi connectivity index (χ1) is 12.1. The Labute approximate surface area is 144 Å². The van der Waals surface area contributed by atoms with Crippen LogP contribution >= 0.6 is 0 Å². The van der Waals surface area contributed by atoms with Gasteiger partial charge in [0.2, 0.25) is 11.8 Å². The molecule has 0 saturated heterocycles. The number of halogens is 1. The van der Waals surface area contributed by atoms with Crippen molar-refractivity contribution in [1.29, 1.82) is 0 Å². The highest BCUT2D eigenvalue weighted by Crippen LogP contribution is 2.48. The van der Waals surface area contributed by atoms with E-state index in [2.05, 4.69) is 15.6 Å². The van der Waals surface area contributed by atoms with E-state index in [1.807, 2.05) is 0 Å². The smallest absolute Gasteiger partial charge is 0.243 e. The Morgan fingerprint density at radius 1 is 1.36 bits per heavy atom. The predicted molar refractivity (Wildman–Crippen MR) is 89.7 cm³/mol. The van der Waals surface area contributed by atoms with Crippen molar-refractivity contribution >= 4 is 17.5 Å². The summed E-state index contributed by atoms with van der Waals surface area (Å²) in [6.07, 6.45) is 3.80. The number of hydrogen-bond acceptors (Lipinski definition) is 4. The van der Waals surface area contributed by atoms with E-state index < -0.39 is 5.82 Å². The zero-order valence-corrected chi connectivity index (χ0v) is 13.7. The minimum Gasteiger partial charge on any atom is -0.494 e. The first-order valence-corrected chi connectivity index (χ1v) is 7.89. The van der Waals surface area contributed by atoms with Gasteiger partial charge >= 0.3 is 0 Å². The number of methoxy groups -OCH3 is 1. The van der Waals surface area contributed by atoms with Gasteiger partial charge in [-0.05, 0) is 42.2 Å². The third-order valence-corrected chi connectivity index (χ3v) is 4.10. The molecule has 1 heterocycles. The molecule has 0 spiro atoms. The summed E-state index contributed by atoms with van der Waals surface area (Å²) in [7, 11) is 1.40. The summed E-state index contributed by atoms with van der Waals surface area (Å²) in [5.74, 6) is -0.951. The molecule has 2 aromatic rings. The van der Waals surface area contributed by atoms with E-state index in [-0.39, 0.29) is 35.9 Å². The van der Waals surface area contributed by atoms with Crippen molar-refractivity contribution in [3.8, 4) is 5.75 Å². The number of anilines is 1. The van der Waals surface area contributed by atoms with Crippen LogP contribution in [-0.2, 0) is 9.59 Å². The highest BCUT2D eigenvalue weighted by molar-refractivity contribution is 5.95. The lowest BCUT2D eigenvalue weighted by molar-refractivity contribution is -0.125. The van der Waals surface area contributed by atoms with Gasteiger partial charge < -0.3 is 15.4 Å². The normalized spacial score (nSPS) is 18.3. The van der Waals surface area contributed by atoms with Crippen LogP contribution < -0.4 is 15.4 Å². The number of aromatic nitrogens is 1. The van der Waals surface area contributed by atoms with Crippen LogP contribution in [-0.4, -0.2) is 30.5 Å². The number of nitrogens with one attached hydrogen (secondary N) is 2. The van der Waals surface area contributed by atoms with E-state index in [4.69, 9.17) is 4.74 Å². The number of amides is 2. The van der Waals surface area contributed by atoms with Crippen LogP contribution in [0.1, 0.15) is 17.9 Å². The van der Waals surface area contributed by atoms with E-state index in [0.29, 0.717) is 12.1 Å². The molecule has 6 nitrogen and oxygen atoms in total. The molecule has 0 bridgehead atoms. The number of carbonyl (C=O) groups excluding carboxylic acids is 2. The van der Waals surface area contributed by atoms with Gasteiger partial charge in [0.15, 0.2) is 11.6 Å². The molecule has 25 heavy (non-hydrogen) atoms. The Balaban J connectivity index is 1.49. The number of rotatable bonds is 6. The molecule has 3 rings (SSSR count). The molecule has 2 amide bonds. The number of benzene rings is 1. The molecule has 2 N–H and O–H groups in total. The minimum absolute atomic E-state index is 0.0240. The van der Waals surface area contributed by atoms with Crippen LogP contribution in [0.3, 0.4) is 0 Å². The van der Waals surface area contributed by atoms with E-state index in [1.165, 1.54) is 19.4 Å². The van der Waals surface area contributed by atoms with Crippen molar-refractivity contribution in [1.82, 2.24) is 10.3 Å². The number of hydrogen-bond donors (Lipinski definition) is 2. The summed E-state index contributed by atoms with van der Waals surface area (Å²) >= 11 is 0. The second-order valence-corrected chi connectivity index (χ2v) is 5.85. The van der Waals surface area contributed by atoms with Crippen molar-refractivity contribution in [2.45, 2.75) is 12.3 Å². The van der Waals surface area contributed by atoms with Crippen LogP contribution in [0.2, 0.25) is 0 Å². The van der Waals surface area contributed by atoms with Crippen molar-refractivity contribution in [3.63, 3.8) is 0 Å². The fraction of sp³-hybridized carbons (Fsp3) is 0.278. The highest BCUT2D eigenvalue weighted by Gasteiger charge is 2.44. The van der Waals surface area contributed by atoms with Gasteiger partial charge in [0.25, 0.3) is 0 Å². The van der Waals surface area contributed by atoms with E-state index >= 15 is 0 Å². The lowest BCUT2D eigenvalue weighted by Gasteiger charge is -2.07. The van der Waals surface area contributed by atoms with Gasteiger partial charge in [0, 0.05) is 12.1 Å². The quantitative estimate of drug-likeness (QED) is 0.842. The molecule has 2 atom stereocenters. The van der Waals surface area contributed by atoms with Crippen LogP contribution in [0, 0.1) is 11.7 Å². The van der Waals surface area contributed by atoms with Crippen LogP contribution in [0.15, 0.2) is 42.7 Å². The summed E-state index contributed by atoms with van der Waals surface area (Å²) in [5.41, 5.74) is 1.43. The minimum atomic E-state index is -0.431. The molecule has 0 radical (unpaired) electrons. The second kappa shape index (κ2) is 7.29. The first kappa shape index (κ1) is 16.9. The van der Waals surface area contributed by atoms with Crippen LogP contribution in [0.25, 0.3) is 0 Å². The van der Waals surface area contributed by atoms with E-state index in [9.17, 15) is 14.0 Å². The number of pyridine rings is 1. The molecule has 1 aliphatic rings. The Hall–Kier alpha value is -2.96. The SMILES string of the molecule is COc1cc([C@@H]2C[C@H]2C(=O)NCC(=O)Nc2cccnc2)ccc1F. The maximum Gasteiger partial charge on any atom is 0.243 e. The number of ether oxygens (including phenoxy) is 1. The Morgan fingerprint density at radius 2 is 2.20 bits per heavy atom. The molecule has 1 aliphatic carbocycles. The average molecular weight is 343 g/mol. The van der Waals surface area contributed by atoms with Crippen LogP contribution in [0.5, 0.6) is 5.75 Å². The Morgan fingerprint density at radius 3 is 2.92 bits per heavy atom. The molecular weight excluding hydrogens is 325 g/mol. The maximum atomic E-state index is 13.4. The van der Waals surface area contributed by atoms with Gasteiger partial charge in [-0.25, -0.2) is 4.39 Å². The summed E-state index contributed by atoms with van der Waals surface area (Å²) in [6.45, 7) is -0.107. The molecule has 1 aromatic heterocycles. The standard InChI is InChI=1S/C18H18FN3O3/c1-25-16-7-11(4-5-15(16)19)13-8-14(13)18(24)21-10-17(23)22-12-3-2-6-20-9-12/h2-7,9,13-14H,8,10H2,1H3,(H,21,24)(H,22,23)/t13-,14+/m0/s1. The highest BCUT2D eigenvalue weighted by atomic mass is 19.1. The number of nitrogens with zero attached hydrogens (tertiary/aromatic N) is 1. The van der Waals surface area contributed by atoms with E-state index in [1.54, 1.807) is 30.5 Å². The molecular formula is C18H18FN3O3. The van der Waals surface area contributed by atoms with E-state index in [0.717, 1.165) is 5.56 Å². The lowest BCUT2D eigenvalue weighted by atomic mass is 10.1. The molecule has 130 valence electrons. The Bertz CT molecular complexity index is 782. The second-order valence-electron chi connectivity index (χ2n) is 5.85. The monoisotopic (exact) mass is 343 g/mol. The first-order valence-electron chi connectivity index (χ1n) is 7.89. The van der Waals surface area contributed by atoms with Crippen molar-refractivity contribution in [2.75, 3.05) is 19.0 Å². The molecule has 1 aromatic carbocycles. The molecule has 1 fully saturated rings. The fourth-order valence-electron chi connectivity index (χ4n) is 2.70. The predicted octanol–water partition coefficient (Wildman–Crippen LogP) is 2.09. The Kier molecular flexibility index (Phi) is 4.92. The third kappa shape index (κ3) is 4.12. The largest absolute Gasteiger partial charge is 0.494 e. The summed E-state index contributed by atoms with van der Waals surface area (Å²) in [6, 6.07) is 8.03. The lowest BCUT2D eigenvalue weighted by Crippen LogP contribution is -2.34. The van der Waals surface area contributed by atoms with Crippen LogP contribution in [0.4, 0.5) is 10.1 Å². The van der Waals surface area contributed by atoms with Gasteiger partial charge in [0.05, 0.1) is 25.5 Å². The van der Waals surface area contributed by atoms with Gasteiger partial charge in [0.1, 0.15) is 0 Å². The summed E-state index contributed by atoms with van der Waals surface area (Å²) < 4.78 is 18.4. The summed E-state index contributed by atoms with van der Waals surface area (Å²) in [4.78, 5) is 27.9. The third-order valence-electron chi connectivity index (χ3n) is 4.10. The summed E-state index contributed by atoms with van der Waals surface area (Å²) in [5, 5.41) is 5.27. The zero-order chi connectivity index (χ0) is 17.8. The van der Waals surface area contributed by atoms with Crippen molar-refractivity contribution < 1.29 is 18.7 Å². The molecule has 1 saturated carbocycles. The average Bonchev–Trinajstić information content (AvgIpc) is 3.42. The fourth-order valence-corrected chi connectivity index (χ4v) is 2.70. The van der Waals surface area contributed by atoms with Crippen molar-refractivity contribution in [2.24, 2.45) is 5.92 Å². The molecule has 7 heteroatoms. The van der Waals surface area contributed by atoms with Gasteiger partial charge in [-0.3, -0.25) is 14.6 Å².